The first-order valence-electron chi connectivity index (χ1n) is 11.1. The van der Waals surface area contributed by atoms with Crippen LogP contribution >= 0.6 is 11.8 Å². The fraction of sp³-hybridized carbons (Fsp3) is 0.231. The lowest BCUT2D eigenvalue weighted by atomic mass is 9.99. The highest BCUT2D eigenvalue weighted by Crippen LogP contribution is 2.33. The number of carbonyl (C=O) groups excluding carboxylic acids is 3. The lowest BCUT2D eigenvalue weighted by Crippen LogP contribution is -2.37. The number of rotatable bonds is 5. The number of benzene rings is 2. The monoisotopic (exact) mass is 490 g/mol. The molecule has 0 radical (unpaired) electrons. The van der Waals surface area contributed by atoms with Crippen molar-refractivity contribution in [1.29, 1.82) is 0 Å². The van der Waals surface area contributed by atoms with E-state index in [9.17, 15) is 19.2 Å². The molecule has 1 saturated heterocycles. The maximum absolute atomic E-state index is 13.0. The number of thioether (sulfide) groups is 1. The number of hydrogen-bond donors (Lipinski definition) is 1. The molecule has 1 aliphatic heterocycles. The molecule has 35 heavy (non-hydrogen) atoms. The summed E-state index contributed by atoms with van der Waals surface area (Å²) >= 11 is 0.805. The molecular formula is C26H26N4O4S. The minimum atomic E-state index is -0.623. The first-order chi connectivity index (χ1) is 16.6. The summed E-state index contributed by atoms with van der Waals surface area (Å²) < 4.78 is 3.09. The molecular weight excluding hydrogens is 464 g/mol. The summed E-state index contributed by atoms with van der Waals surface area (Å²) in [5.41, 5.74) is 4.91. The van der Waals surface area contributed by atoms with Crippen molar-refractivity contribution in [3.05, 3.63) is 85.7 Å². The molecule has 3 amide bonds. The molecule has 2 heterocycles. The van der Waals surface area contributed by atoms with Gasteiger partial charge in [0.1, 0.15) is 12.2 Å². The summed E-state index contributed by atoms with van der Waals surface area (Å²) in [7, 11) is 1.72. The SMILES string of the molecule is Cc1cc(C)c(/C=C2\SC(=O)N(CC(=O)Nc3c(C)n(C)n(-c4ccccc4)c3=O)C2=O)c(C)c1. The lowest BCUT2D eigenvalue weighted by molar-refractivity contribution is -0.127. The van der Waals surface area contributed by atoms with E-state index in [1.54, 1.807) is 36.9 Å². The van der Waals surface area contributed by atoms with E-state index in [1.165, 1.54) is 4.68 Å². The van der Waals surface area contributed by atoms with Crippen LogP contribution in [0.1, 0.15) is 27.9 Å². The van der Waals surface area contributed by atoms with Crippen LogP contribution in [0.2, 0.25) is 0 Å². The van der Waals surface area contributed by atoms with Crippen molar-refractivity contribution in [1.82, 2.24) is 14.3 Å². The van der Waals surface area contributed by atoms with E-state index >= 15 is 0 Å². The Balaban J connectivity index is 1.54. The Morgan fingerprint density at radius 1 is 1.00 bits per heavy atom. The van der Waals surface area contributed by atoms with Crippen molar-refractivity contribution in [3.8, 4) is 5.69 Å². The molecule has 0 bridgehead atoms. The van der Waals surface area contributed by atoms with Gasteiger partial charge in [-0.2, -0.15) is 0 Å². The highest BCUT2D eigenvalue weighted by Gasteiger charge is 2.36. The first-order valence-corrected chi connectivity index (χ1v) is 11.9. The van der Waals surface area contributed by atoms with Gasteiger partial charge in [0, 0.05) is 7.05 Å². The van der Waals surface area contributed by atoms with Crippen molar-refractivity contribution in [3.63, 3.8) is 0 Å². The fourth-order valence-electron chi connectivity index (χ4n) is 4.22. The number of nitrogens with one attached hydrogen (secondary N) is 1. The van der Waals surface area contributed by atoms with Crippen LogP contribution in [0.4, 0.5) is 10.5 Å². The zero-order valence-electron chi connectivity index (χ0n) is 20.2. The Bertz CT molecular complexity index is 1430. The number of amides is 3. The number of carbonyl (C=O) groups is 3. The van der Waals surface area contributed by atoms with Crippen LogP contribution in [-0.2, 0) is 16.6 Å². The molecule has 1 fully saturated rings. The summed E-state index contributed by atoms with van der Waals surface area (Å²) in [6.07, 6.45) is 1.70. The zero-order chi connectivity index (χ0) is 25.4. The highest BCUT2D eigenvalue weighted by molar-refractivity contribution is 8.18. The lowest BCUT2D eigenvalue weighted by Gasteiger charge is -2.12. The van der Waals surface area contributed by atoms with Crippen LogP contribution in [0.5, 0.6) is 0 Å². The van der Waals surface area contributed by atoms with Gasteiger partial charge in [-0.25, -0.2) is 4.68 Å². The van der Waals surface area contributed by atoms with E-state index in [2.05, 4.69) is 5.32 Å². The molecule has 180 valence electrons. The zero-order valence-corrected chi connectivity index (χ0v) is 21.0. The maximum atomic E-state index is 13.0. The Hall–Kier alpha value is -3.85. The Labute approximate surface area is 207 Å². The topological polar surface area (TPSA) is 93.4 Å². The van der Waals surface area contributed by atoms with Crippen LogP contribution in [-0.4, -0.2) is 37.9 Å². The van der Waals surface area contributed by atoms with Gasteiger partial charge in [0.2, 0.25) is 5.91 Å². The van der Waals surface area contributed by atoms with Gasteiger partial charge in [0.25, 0.3) is 16.7 Å². The summed E-state index contributed by atoms with van der Waals surface area (Å²) in [5.74, 6) is -1.15. The molecule has 1 aliphatic rings. The predicted molar refractivity (Wildman–Crippen MR) is 138 cm³/mol. The summed E-state index contributed by atoms with van der Waals surface area (Å²) in [4.78, 5) is 52.5. The van der Waals surface area contributed by atoms with Crippen LogP contribution in [0.3, 0.4) is 0 Å². The minimum Gasteiger partial charge on any atom is -0.318 e. The second-order valence-corrected chi connectivity index (χ2v) is 9.56. The predicted octanol–water partition coefficient (Wildman–Crippen LogP) is 4.08. The molecule has 9 heteroatoms. The van der Waals surface area contributed by atoms with E-state index in [4.69, 9.17) is 0 Å². The largest absolute Gasteiger partial charge is 0.318 e. The third kappa shape index (κ3) is 4.59. The first kappa shape index (κ1) is 24.3. The van der Waals surface area contributed by atoms with Crippen molar-refractivity contribution in [2.24, 2.45) is 7.05 Å². The molecule has 0 aliphatic carbocycles. The van der Waals surface area contributed by atoms with E-state index < -0.39 is 29.2 Å². The van der Waals surface area contributed by atoms with Gasteiger partial charge in [-0.1, -0.05) is 35.9 Å². The van der Waals surface area contributed by atoms with Gasteiger partial charge in [0.15, 0.2) is 0 Å². The second-order valence-electron chi connectivity index (χ2n) is 8.56. The van der Waals surface area contributed by atoms with Gasteiger partial charge in [-0.05, 0) is 74.4 Å². The summed E-state index contributed by atoms with van der Waals surface area (Å²) in [6, 6.07) is 13.1. The fourth-order valence-corrected chi connectivity index (χ4v) is 5.04. The van der Waals surface area contributed by atoms with Gasteiger partial charge in [0.05, 0.1) is 16.3 Å². The molecule has 2 aromatic carbocycles. The number of anilines is 1. The molecule has 1 N–H and O–H groups in total. The highest BCUT2D eigenvalue weighted by atomic mass is 32.2. The van der Waals surface area contributed by atoms with E-state index in [0.717, 1.165) is 38.9 Å². The maximum Gasteiger partial charge on any atom is 0.295 e. The van der Waals surface area contributed by atoms with Crippen LogP contribution in [0, 0.1) is 27.7 Å². The number of hydrogen-bond acceptors (Lipinski definition) is 5. The molecule has 1 aromatic heterocycles. The summed E-state index contributed by atoms with van der Waals surface area (Å²) in [5, 5.41) is 2.08. The average molecular weight is 491 g/mol. The van der Waals surface area contributed by atoms with E-state index in [-0.39, 0.29) is 10.6 Å². The van der Waals surface area contributed by atoms with Gasteiger partial charge in [-0.3, -0.25) is 28.8 Å². The van der Waals surface area contributed by atoms with Crippen molar-refractivity contribution in [2.45, 2.75) is 27.7 Å². The molecule has 0 unspecified atom stereocenters. The van der Waals surface area contributed by atoms with Crippen LogP contribution in [0.25, 0.3) is 11.8 Å². The summed E-state index contributed by atoms with van der Waals surface area (Å²) in [6.45, 7) is 7.14. The normalized spacial score (nSPS) is 14.8. The third-order valence-corrected chi connectivity index (χ3v) is 6.91. The van der Waals surface area contributed by atoms with Crippen molar-refractivity contribution >= 4 is 40.6 Å². The average Bonchev–Trinajstić information content (AvgIpc) is 3.18. The number of nitrogens with zero attached hydrogens (tertiary/aromatic N) is 3. The number of imide groups is 1. The number of aryl methyl sites for hydroxylation is 3. The van der Waals surface area contributed by atoms with Crippen molar-refractivity contribution in [2.75, 3.05) is 11.9 Å². The molecule has 3 aromatic rings. The minimum absolute atomic E-state index is 0.106. The Morgan fingerprint density at radius 2 is 1.63 bits per heavy atom. The second kappa shape index (κ2) is 9.42. The quantitative estimate of drug-likeness (QED) is 0.544. The molecule has 0 saturated carbocycles. The van der Waals surface area contributed by atoms with Gasteiger partial charge < -0.3 is 5.32 Å². The van der Waals surface area contributed by atoms with Crippen LogP contribution < -0.4 is 10.9 Å². The van der Waals surface area contributed by atoms with Gasteiger partial charge in [-0.15, -0.1) is 0 Å². The molecule has 0 atom stereocenters. The van der Waals surface area contributed by atoms with Gasteiger partial charge >= 0.3 is 0 Å². The number of aromatic nitrogens is 2. The molecule has 8 nitrogen and oxygen atoms in total. The standard InChI is InChI=1S/C26H26N4O4S/c1-15-11-16(2)20(17(3)12-15)13-21-24(32)29(26(34)35-21)14-22(31)27-23-18(4)28(5)30(25(23)33)19-9-7-6-8-10-19/h6-13H,14H2,1-5H3,(H,27,31)/b21-13-. The Kier molecular flexibility index (Phi) is 6.53. The molecule has 0 spiro atoms. The van der Waals surface area contributed by atoms with E-state index in [1.807, 2.05) is 51.1 Å². The van der Waals surface area contributed by atoms with Crippen LogP contribution in [0.15, 0.2) is 52.2 Å². The van der Waals surface area contributed by atoms with E-state index in [0.29, 0.717) is 11.4 Å². The third-order valence-electron chi connectivity index (χ3n) is 6.01. The van der Waals surface area contributed by atoms with Crippen molar-refractivity contribution < 1.29 is 14.4 Å². The number of para-hydroxylation sites is 1. The molecule has 4 rings (SSSR count). The smallest absolute Gasteiger partial charge is 0.295 e. The Morgan fingerprint density at radius 3 is 2.26 bits per heavy atom.